The summed E-state index contributed by atoms with van der Waals surface area (Å²) in [5.41, 5.74) is 5.16. The molecule has 0 radical (unpaired) electrons. The van der Waals surface area contributed by atoms with Gasteiger partial charge in [0.15, 0.2) is 9.84 Å². The molecule has 0 aliphatic carbocycles. The topological polar surface area (TPSA) is 107 Å². The molecule has 0 spiro atoms. The SMILES string of the molecule is NC(CS(=O)(=O)CC1CCCO1)C(=O)O. The third-order valence-corrected chi connectivity index (χ3v) is 3.96. The van der Waals surface area contributed by atoms with Crippen LogP contribution in [-0.4, -0.2) is 49.8 Å². The van der Waals surface area contributed by atoms with Gasteiger partial charge < -0.3 is 15.6 Å². The molecular weight excluding hydrogens is 222 g/mol. The van der Waals surface area contributed by atoms with E-state index >= 15 is 0 Å². The smallest absolute Gasteiger partial charge is 0.321 e. The standard InChI is InChI=1S/C8H15NO5S/c9-7(8(10)11)5-15(12,13)4-6-2-1-3-14-6/h6-7H,1-5,9H2,(H,10,11). The predicted molar refractivity (Wildman–Crippen MR) is 53.2 cm³/mol. The molecule has 0 aromatic heterocycles. The number of rotatable bonds is 5. The van der Waals surface area contributed by atoms with Crippen LogP contribution in [0.15, 0.2) is 0 Å². The Kier molecular flexibility index (Phi) is 4.06. The third-order valence-electron chi connectivity index (χ3n) is 2.21. The summed E-state index contributed by atoms with van der Waals surface area (Å²) in [4.78, 5) is 10.4. The van der Waals surface area contributed by atoms with Gasteiger partial charge in [-0.25, -0.2) is 8.42 Å². The molecule has 0 amide bonds. The summed E-state index contributed by atoms with van der Waals surface area (Å²) in [6, 6.07) is -1.35. The van der Waals surface area contributed by atoms with Crippen molar-refractivity contribution in [2.45, 2.75) is 25.0 Å². The fourth-order valence-corrected chi connectivity index (χ4v) is 3.13. The largest absolute Gasteiger partial charge is 0.480 e. The van der Waals surface area contributed by atoms with E-state index in [2.05, 4.69) is 0 Å². The highest BCUT2D eigenvalue weighted by Gasteiger charge is 2.27. The highest BCUT2D eigenvalue weighted by Crippen LogP contribution is 2.14. The van der Waals surface area contributed by atoms with Gasteiger partial charge in [0, 0.05) is 6.61 Å². The van der Waals surface area contributed by atoms with Crippen LogP contribution >= 0.6 is 0 Å². The highest BCUT2D eigenvalue weighted by molar-refractivity contribution is 7.91. The fourth-order valence-electron chi connectivity index (χ4n) is 1.47. The van der Waals surface area contributed by atoms with E-state index in [1.165, 1.54) is 0 Å². The second kappa shape index (κ2) is 4.91. The van der Waals surface area contributed by atoms with Crippen molar-refractivity contribution >= 4 is 15.8 Å². The molecule has 1 rings (SSSR count). The third kappa shape index (κ3) is 4.15. The van der Waals surface area contributed by atoms with Gasteiger partial charge in [-0.15, -0.1) is 0 Å². The van der Waals surface area contributed by atoms with Crippen LogP contribution in [0.1, 0.15) is 12.8 Å². The molecule has 1 saturated heterocycles. The Morgan fingerprint density at radius 1 is 1.60 bits per heavy atom. The van der Waals surface area contributed by atoms with Crippen molar-refractivity contribution in [3.05, 3.63) is 0 Å². The summed E-state index contributed by atoms with van der Waals surface area (Å²) in [6.07, 6.45) is 1.27. The number of carboxylic acid groups (broad SMARTS) is 1. The quantitative estimate of drug-likeness (QED) is 0.634. The van der Waals surface area contributed by atoms with Gasteiger partial charge in [-0.2, -0.15) is 0 Å². The monoisotopic (exact) mass is 237 g/mol. The fraction of sp³-hybridized carbons (Fsp3) is 0.875. The van der Waals surface area contributed by atoms with Crippen molar-refractivity contribution in [1.82, 2.24) is 0 Å². The minimum Gasteiger partial charge on any atom is -0.480 e. The minimum atomic E-state index is -3.44. The lowest BCUT2D eigenvalue weighted by Gasteiger charge is -2.11. The molecule has 2 unspecified atom stereocenters. The van der Waals surface area contributed by atoms with E-state index in [1.807, 2.05) is 0 Å². The molecule has 0 saturated carbocycles. The second-order valence-corrected chi connectivity index (χ2v) is 5.81. The van der Waals surface area contributed by atoms with Crippen LogP contribution in [0.4, 0.5) is 0 Å². The van der Waals surface area contributed by atoms with E-state index in [0.717, 1.165) is 6.42 Å². The Morgan fingerprint density at radius 3 is 2.73 bits per heavy atom. The molecule has 0 aromatic carbocycles. The summed E-state index contributed by atoms with van der Waals surface area (Å²) in [6.45, 7) is 0.575. The van der Waals surface area contributed by atoms with Crippen LogP contribution in [-0.2, 0) is 19.4 Å². The zero-order valence-corrected chi connectivity index (χ0v) is 9.07. The molecule has 2 atom stereocenters. The second-order valence-electron chi connectivity index (χ2n) is 3.66. The summed E-state index contributed by atoms with van der Waals surface area (Å²) in [5, 5.41) is 8.49. The Labute approximate surface area is 88.3 Å². The van der Waals surface area contributed by atoms with E-state index in [1.54, 1.807) is 0 Å². The maximum atomic E-state index is 11.5. The van der Waals surface area contributed by atoms with E-state index in [9.17, 15) is 13.2 Å². The molecule has 6 nitrogen and oxygen atoms in total. The number of hydrogen-bond acceptors (Lipinski definition) is 5. The summed E-state index contributed by atoms with van der Waals surface area (Å²) in [7, 11) is -3.44. The first-order chi connectivity index (χ1) is 6.91. The molecule has 1 fully saturated rings. The van der Waals surface area contributed by atoms with Crippen molar-refractivity contribution in [3.8, 4) is 0 Å². The van der Waals surface area contributed by atoms with Crippen LogP contribution in [0.25, 0.3) is 0 Å². The Balaban J connectivity index is 2.47. The number of aliphatic carboxylic acids is 1. The summed E-state index contributed by atoms with van der Waals surface area (Å²) in [5.74, 6) is -1.96. The van der Waals surface area contributed by atoms with E-state index in [-0.39, 0.29) is 11.9 Å². The molecule has 1 aliphatic rings. The predicted octanol–water partition coefficient (Wildman–Crippen LogP) is -1.01. The van der Waals surface area contributed by atoms with E-state index < -0.39 is 27.6 Å². The maximum absolute atomic E-state index is 11.5. The van der Waals surface area contributed by atoms with Crippen molar-refractivity contribution in [1.29, 1.82) is 0 Å². The molecule has 0 aromatic rings. The first-order valence-corrected chi connectivity index (χ1v) is 6.53. The van der Waals surface area contributed by atoms with E-state index in [4.69, 9.17) is 15.6 Å². The first-order valence-electron chi connectivity index (χ1n) is 4.71. The molecular formula is C8H15NO5S. The Hall–Kier alpha value is -0.660. The van der Waals surface area contributed by atoms with Crippen LogP contribution in [0.3, 0.4) is 0 Å². The van der Waals surface area contributed by atoms with Crippen LogP contribution in [0.5, 0.6) is 0 Å². The zero-order chi connectivity index (χ0) is 11.5. The van der Waals surface area contributed by atoms with Gasteiger partial charge in [0.25, 0.3) is 0 Å². The number of ether oxygens (including phenoxy) is 1. The van der Waals surface area contributed by atoms with Crippen molar-refractivity contribution in [2.24, 2.45) is 5.73 Å². The summed E-state index contributed by atoms with van der Waals surface area (Å²) < 4.78 is 28.1. The number of carbonyl (C=O) groups is 1. The van der Waals surface area contributed by atoms with Gasteiger partial charge in [0.1, 0.15) is 6.04 Å². The van der Waals surface area contributed by atoms with Crippen molar-refractivity contribution in [2.75, 3.05) is 18.1 Å². The molecule has 15 heavy (non-hydrogen) atoms. The highest BCUT2D eigenvalue weighted by atomic mass is 32.2. The number of sulfone groups is 1. The number of nitrogens with two attached hydrogens (primary N) is 1. The van der Waals surface area contributed by atoms with Crippen molar-refractivity contribution < 1.29 is 23.1 Å². The van der Waals surface area contributed by atoms with Crippen LogP contribution in [0, 0.1) is 0 Å². The average Bonchev–Trinajstić information content (AvgIpc) is 2.54. The van der Waals surface area contributed by atoms with Gasteiger partial charge in [0.05, 0.1) is 17.6 Å². The molecule has 7 heteroatoms. The molecule has 88 valence electrons. The zero-order valence-electron chi connectivity index (χ0n) is 8.26. The Morgan fingerprint density at radius 2 is 2.27 bits per heavy atom. The number of hydrogen-bond donors (Lipinski definition) is 2. The molecule has 1 heterocycles. The van der Waals surface area contributed by atoms with E-state index in [0.29, 0.717) is 13.0 Å². The van der Waals surface area contributed by atoms with Crippen LogP contribution < -0.4 is 5.73 Å². The van der Waals surface area contributed by atoms with Gasteiger partial charge in [-0.05, 0) is 12.8 Å². The lowest BCUT2D eigenvalue weighted by molar-refractivity contribution is -0.137. The van der Waals surface area contributed by atoms with Crippen LogP contribution in [0.2, 0.25) is 0 Å². The molecule has 1 aliphatic heterocycles. The van der Waals surface area contributed by atoms with Gasteiger partial charge in [0.2, 0.25) is 0 Å². The lowest BCUT2D eigenvalue weighted by atomic mass is 10.3. The first kappa shape index (κ1) is 12.4. The normalized spacial score (nSPS) is 23.9. The summed E-state index contributed by atoms with van der Waals surface area (Å²) >= 11 is 0. The molecule has 3 N–H and O–H groups in total. The van der Waals surface area contributed by atoms with Crippen molar-refractivity contribution in [3.63, 3.8) is 0 Å². The maximum Gasteiger partial charge on any atom is 0.321 e. The molecule has 0 bridgehead atoms. The minimum absolute atomic E-state index is 0.131. The van der Waals surface area contributed by atoms with Gasteiger partial charge in [-0.3, -0.25) is 4.79 Å². The van der Waals surface area contributed by atoms with Gasteiger partial charge in [-0.1, -0.05) is 0 Å². The average molecular weight is 237 g/mol. The Bertz CT molecular complexity index is 320. The van der Waals surface area contributed by atoms with Gasteiger partial charge >= 0.3 is 5.97 Å². The lowest BCUT2D eigenvalue weighted by Crippen LogP contribution is -2.39. The number of carboxylic acids is 1.